The summed E-state index contributed by atoms with van der Waals surface area (Å²) in [5, 5.41) is 5.23. The van der Waals surface area contributed by atoms with Gasteiger partial charge < -0.3 is 19.4 Å². The SMILES string of the molecule is Cc1ccc(C)n1-c1sccc1C(=O)OCC(=O)c1ccc2c(c1)NC(=O)CO2. The lowest BCUT2D eigenvalue weighted by Gasteiger charge is -2.18. The molecule has 1 N–H and O–H groups in total. The summed E-state index contributed by atoms with van der Waals surface area (Å²) in [7, 11) is 0. The molecule has 0 saturated heterocycles. The Morgan fingerprint density at radius 1 is 1.17 bits per heavy atom. The molecule has 1 aliphatic rings. The molecule has 4 rings (SSSR count). The Labute approximate surface area is 170 Å². The second kappa shape index (κ2) is 7.56. The summed E-state index contributed by atoms with van der Waals surface area (Å²) < 4.78 is 12.5. The van der Waals surface area contributed by atoms with Gasteiger partial charge in [0.05, 0.1) is 11.3 Å². The molecule has 1 aliphatic heterocycles. The van der Waals surface area contributed by atoms with Gasteiger partial charge in [-0.3, -0.25) is 9.59 Å². The number of nitrogens with zero attached hydrogens (tertiary/aromatic N) is 1. The van der Waals surface area contributed by atoms with E-state index in [4.69, 9.17) is 9.47 Å². The number of esters is 1. The number of anilines is 1. The highest BCUT2D eigenvalue weighted by molar-refractivity contribution is 7.13. The fourth-order valence-electron chi connectivity index (χ4n) is 3.17. The van der Waals surface area contributed by atoms with Gasteiger partial charge in [-0.15, -0.1) is 11.3 Å². The van der Waals surface area contributed by atoms with Gasteiger partial charge in [-0.25, -0.2) is 4.79 Å². The van der Waals surface area contributed by atoms with Crippen molar-refractivity contribution < 1.29 is 23.9 Å². The Hall–Kier alpha value is -3.39. The number of hydrogen-bond donors (Lipinski definition) is 1. The van der Waals surface area contributed by atoms with Crippen molar-refractivity contribution in [2.45, 2.75) is 13.8 Å². The lowest BCUT2D eigenvalue weighted by Crippen LogP contribution is -2.25. The molecule has 0 radical (unpaired) electrons. The van der Waals surface area contributed by atoms with Crippen molar-refractivity contribution in [2.24, 2.45) is 0 Å². The largest absolute Gasteiger partial charge is 0.482 e. The standard InChI is InChI=1S/C21H18N2O5S/c1-12-3-4-13(2)23(12)20-15(7-8-29-20)21(26)28-10-17(24)14-5-6-18-16(9-14)22-19(25)11-27-18/h3-9H,10-11H2,1-2H3,(H,22,25). The highest BCUT2D eigenvalue weighted by atomic mass is 32.1. The zero-order valence-electron chi connectivity index (χ0n) is 15.9. The van der Waals surface area contributed by atoms with Crippen molar-refractivity contribution in [2.75, 3.05) is 18.5 Å². The Kier molecular flexibility index (Phi) is 4.94. The normalized spacial score (nSPS) is 12.7. The Morgan fingerprint density at radius 3 is 2.69 bits per heavy atom. The van der Waals surface area contributed by atoms with Crippen molar-refractivity contribution in [1.82, 2.24) is 4.57 Å². The molecule has 0 spiro atoms. The fourth-order valence-corrected chi connectivity index (χ4v) is 4.17. The molecule has 0 atom stereocenters. The topological polar surface area (TPSA) is 86.6 Å². The first-order chi connectivity index (χ1) is 13.9. The van der Waals surface area contributed by atoms with E-state index in [9.17, 15) is 14.4 Å². The zero-order valence-corrected chi connectivity index (χ0v) is 16.7. The molecular formula is C21H18N2O5S. The number of rotatable bonds is 5. The van der Waals surface area contributed by atoms with Gasteiger partial charge in [0.15, 0.2) is 19.0 Å². The van der Waals surface area contributed by atoms with Crippen LogP contribution in [0, 0.1) is 13.8 Å². The first-order valence-corrected chi connectivity index (χ1v) is 9.82. The summed E-state index contributed by atoms with van der Waals surface area (Å²) >= 11 is 1.43. The molecule has 0 saturated carbocycles. The third kappa shape index (κ3) is 3.66. The Bertz CT molecular complexity index is 1110. The quantitative estimate of drug-likeness (QED) is 0.514. The van der Waals surface area contributed by atoms with Gasteiger partial charge in [0, 0.05) is 17.0 Å². The molecule has 148 valence electrons. The number of carbonyl (C=O) groups excluding carboxylic acids is 3. The molecule has 0 aliphatic carbocycles. The number of aryl methyl sites for hydroxylation is 2. The van der Waals surface area contributed by atoms with Crippen LogP contribution in [0.4, 0.5) is 5.69 Å². The van der Waals surface area contributed by atoms with Crippen molar-refractivity contribution in [3.8, 4) is 10.8 Å². The Morgan fingerprint density at radius 2 is 1.93 bits per heavy atom. The maximum absolute atomic E-state index is 12.6. The van der Waals surface area contributed by atoms with E-state index in [1.165, 1.54) is 17.4 Å². The van der Waals surface area contributed by atoms with Gasteiger partial charge >= 0.3 is 5.97 Å². The summed E-state index contributed by atoms with van der Waals surface area (Å²) in [6.45, 7) is 3.47. The van der Waals surface area contributed by atoms with E-state index in [-0.39, 0.29) is 18.3 Å². The monoisotopic (exact) mass is 410 g/mol. The average Bonchev–Trinajstić information content (AvgIpc) is 3.31. The molecule has 3 aromatic rings. The number of thiophene rings is 1. The lowest BCUT2D eigenvalue weighted by atomic mass is 10.1. The van der Waals surface area contributed by atoms with E-state index >= 15 is 0 Å². The van der Waals surface area contributed by atoms with Crippen LogP contribution in [-0.2, 0) is 9.53 Å². The van der Waals surface area contributed by atoms with Crippen LogP contribution in [0.1, 0.15) is 32.1 Å². The summed E-state index contributed by atoms with van der Waals surface area (Å²) in [5.74, 6) is -0.713. The molecule has 3 heterocycles. The number of benzene rings is 1. The van der Waals surface area contributed by atoms with Gasteiger partial charge in [0.2, 0.25) is 0 Å². The molecule has 7 nitrogen and oxygen atoms in total. The molecule has 2 aromatic heterocycles. The third-order valence-electron chi connectivity index (χ3n) is 4.61. The molecule has 1 aromatic carbocycles. The number of fused-ring (bicyclic) bond motifs is 1. The maximum atomic E-state index is 12.6. The predicted octanol–water partition coefficient (Wildman–Crippen LogP) is 3.53. The van der Waals surface area contributed by atoms with Crippen LogP contribution in [0.15, 0.2) is 41.8 Å². The van der Waals surface area contributed by atoms with Crippen LogP contribution in [0.2, 0.25) is 0 Å². The molecule has 0 bridgehead atoms. The number of amides is 1. The van der Waals surface area contributed by atoms with E-state index in [2.05, 4.69) is 5.32 Å². The van der Waals surface area contributed by atoms with Crippen molar-refractivity contribution in [1.29, 1.82) is 0 Å². The third-order valence-corrected chi connectivity index (χ3v) is 5.51. The molecule has 1 amide bonds. The molecule has 29 heavy (non-hydrogen) atoms. The average molecular weight is 410 g/mol. The summed E-state index contributed by atoms with van der Waals surface area (Å²) in [6, 6.07) is 10.4. The number of Topliss-reactive ketones (excluding diaryl/α,β-unsaturated/α-hetero) is 1. The van der Waals surface area contributed by atoms with Crippen LogP contribution in [0.5, 0.6) is 5.75 Å². The van der Waals surface area contributed by atoms with Crippen LogP contribution in [0.3, 0.4) is 0 Å². The second-order valence-electron chi connectivity index (χ2n) is 6.64. The maximum Gasteiger partial charge on any atom is 0.341 e. The molecular weight excluding hydrogens is 392 g/mol. The summed E-state index contributed by atoms with van der Waals surface area (Å²) in [5.41, 5.74) is 3.18. The smallest absolute Gasteiger partial charge is 0.341 e. The van der Waals surface area contributed by atoms with E-state index in [0.717, 1.165) is 16.4 Å². The highest BCUT2D eigenvalue weighted by Crippen LogP contribution is 2.29. The van der Waals surface area contributed by atoms with Crippen molar-refractivity contribution in [3.63, 3.8) is 0 Å². The van der Waals surface area contributed by atoms with Crippen molar-refractivity contribution in [3.05, 3.63) is 64.3 Å². The first kappa shape index (κ1) is 18.9. The number of nitrogens with one attached hydrogen (secondary N) is 1. The minimum Gasteiger partial charge on any atom is -0.482 e. The van der Waals surface area contributed by atoms with Gasteiger partial charge in [-0.05, 0) is 55.6 Å². The fraction of sp³-hybridized carbons (Fsp3) is 0.190. The molecule has 8 heteroatoms. The van der Waals surface area contributed by atoms with Crippen LogP contribution >= 0.6 is 11.3 Å². The van der Waals surface area contributed by atoms with Crippen LogP contribution in [0.25, 0.3) is 5.00 Å². The van der Waals surface area contributed by atoms with E-state index < -0.39 is 12.6 Å². The van der Waals surface area contributed by atoms with Crippen LogP contribution < -0.4 is 10.1 Å². The van der Waals surface area contributed by atoms with E-state index in [1.54, 1.807) is 18.2 Å². The zero-order chi connectivity index (χ0) is 20.5. The van der Waals surface area contributed by atoms with Gasteiger partial charge in [-0.1, -0.05) is 0 Å². The minimum atomic E-state index is -0.559. The second-order valence-corrected chi connectivity index (χ2v) is 7.53. The first-order valence-electron chi connectivity index (χ1n) is 8.94. The Balaban J connectivity index is 1.47. The van der Waals surface area contributed by atoms with Crippen LogP contribution in [-0.4, -0.2) is 35.4 Å². The highest BCUT2D eigenvalue weighted by Gasteiger charge is 2.21. The number of carbonyl (C=O) groups is 3. The number of ether oxygens (including phenoxy) is 2. The van der Waals surface area contributed by atoms with E-state index in [0.29, 0.717) is 22.6 Å². The predicted molar refractivity (Wildman–Crippen MR) is 108 cm³/mol. The number of ketones is 1. The van der Waals surface area contributed by atoms with Crippen molar-refractivity contribution >= 4 is 34.7 Å². The number of hydrogen-bond acceptors (Lipinski definition) is 6. The van der Waals surface area contributed by atoms with Gasteiger partial charge in [-0.2, -0.15) is 0 Å². The van der Waals surface area contributed by atoms with E-state index in [1.807, 2.05) is 35.9 Å². The minimum absolute atomic E-state index is 0.0543. The summed E-state index contributed by atoms with van der Waals surface area (Å²) in [4.78, 5) is 36.5. The number of aromatic nitrogens is 1. The van der Waals surface area contributed by atoms with Gasteiger partial charge in [0.1, 0.15) is 10.8 Å². The van der Waals surface area contributed by atoms with Gasteiger partial charge in [0.25, 0.3) is 5.91 Å². The molecule has 0 fully saturated rings. The molecule has 0 unspecified atom stereocenters. The lowest BCUT2D eigenvalue weighted by molar-refractivity contribution is -0.118. The summed E-state index contributed by atoms with van der Waals surface area (Å²) in [6.07, 6.45) is 0.